The van der Waals surface area contributed by atoms with Crippen LogP contribution in [0.4, 0.5) is 17.1 Å². The normalized spacial score (nSPS) is 11.8. The molecule has 0 amide bonds. The van der Waals surface area contributed by atoms with Crippen LogP contribution in [0.15, 0.2) is 158 Å². The molecule has 0 aliphatic carbocycles. The number of nitrogens with zero attached hydrogens (tertiary/aromatic N) is 3. The van der Waals surface area contributed by atoms with Gasteiger partial charge in [-0.2, -0.15) is 10.5 Å². The molecule has 3 nitrogen and oxygen atoms in total. The van der Waals surface area contributed by atoms with Crippen molar-refractivity contribution in [3.8, 4) is 12.1 Å². The van der Waals surface area contributed by atoms with Gasteiger partial charge in [0.2, 0.25) is 0 Å². The Kier molecular flexibility index (Phi) is 6.64. The van der Waals surface area contributed by atoms with Gasteiger partial charge in [0.15, 0.2) is 0 Å². The maximum absolute atomic E-state index is 9.46. The molecule has 8 aromatic rings. The van der Waals surface area contributed by atoms with Gasteiger partial charge in [-0.25, -0.2) is 0 Å². The highest BCUT2D eigenvalue weighted by atomic mass is 15.1. The summed E-state index contributed by atoms with van der Waals surface area (Å²) in [5.74, 6) is -0.00236. The van der Waals surface area contributed by atoms with Crippen molar-refractivity contribution in [2.75, 3.05) is 4.90 Å². The van der Waals surface area contributed by atoms with Crippen molar-refractivity contribution in [2.45, 2.75) is 5.92 Å². The maximum atomic E-state index is 9.46. The molecule has 0 saturated heterocycles. The smallest absolute Gasteiger partial charge is 0.0991 e. The molecule has 46 heavy (non-hydrogen) atoms. The maximum Gasteiger partial charge on any atom is 0.0991 e. The zero-order chi connectivity index (χ0) is 31.0. The Hall–Kier alpha value is -6.42. The molecular weight excluding hydrogens is 558 g/mol. The van der Waals surface area contributed by atoms with E-state index in [1.807, 2.05) is 42.5 Å². The Labute approximate surface area is 267 Å². The van der Waals surface area contributed by atoms with E-state index in [2.05, 4.69) is 132 Å². The van der Waals surface area contributed by atoms with Crippen LogP contribution in [0.25, 0.3) is 32.3 Å². The van der Waals surface area contributed by atoms with Crippen LogP contribution in [-0.2, 0) is 0 Å². The molecule has 0 spiro atoms. The third-order valence-corrected chi connectivity index (χ3v) is 9.00. The first-order chi connectivity index (χ1) is 22.7. The Morgan fingerprint density at radius 2 is 0.935 bits per heavy atom. The lowest BCUT2D eigenvalue weighted by atomic mass is 9.81. The van der Waals surface area contributed by atoms with E-state index in [1.54, 1.807) is 0 Å². The first-order valence-corrected chi connectivity index (χ1v) is 15.3. The fraction of sp³-hybridized carbons (Fsp3) is 0.0233. The zero-order valence-electron chi connectivity index (χ0n) is 24.9. The van der Waals surface area contributed by atoms with E-state index in [-0.39, 0.29) is 5.92 Å². The molecule has 1 atom stereocenters. The molecule has 0 aromatic heterocycles. The van der Waals surface area contributed by atoms with Crippen molar-refractivity contribution in [1.82, 2.24) is 0 Å². The highest BCUT2D eigenvalue weighted by molar-refractivity contribution is 6.26. The monoisotopic (exact) mass is 585 g/mol. The number of rotatable bonds is 6. The fourth-order valence-corrected chi connectivity index (χ4v) is 6.89. The lowest BCUT2D eigenvalue weighted by Gasteiger charge is -2.28. The molecule has 0 radical (unpaired) electrons. The van der Waals surface area contributed by atoms with Gasteiger partial charge in [-0.15, -0.1) is 0 Å². The molecule has 0 bridgehead atoms. The fourth-order valence-electron chi connectivity index (χ4n) is 6.89. The number of hydrogen-bond acceptors (Lipinski definition) is 3. The predicted molar refractivity (Wildman–Crippen MR) is 188 cm³/mol. The SMILES string of the molecule is N#Cc1ccc(C(c2ccccc2)c2ccc3ccc4c(N(c5ccccc5)c5ccc(C#N)cc5)ccc5ccc2c3c54)cc1. The van der Waals surface area contributed by atoms with Crippen LogP contribution in [-0.4, -0.2) is 0 Å². The highest BCUT2D eigenvalue weighted by Crippen LogP contribution is 2.46. The average molecular weight is 586 g/mol. The van der Waals surface area contributed by atoms with Gasteiger partial charge in [0.05, 0.1) is 29.0 Å². The summed E-state index contributed by atoms with van der Waals surface area (Å²) in [6.07, 6.45) is 0. The van der Waals surface area contributed by atoms with Crippen LogP contribution in [0.3, 0.4) is 0 Å². The molecule has 8 rings (SSSR count). The Balaban J connectivity index is 1.39. The Morgan fingerprint density at radius 1 is 0.435 bits per heavy atom. The number of anilines is 3. The van der Waals surface area contributed by atoms with Crippen LogP contribution >= 0.6 is 0 Å². The van der Waals surface area contributed by atoms with Crippen molar-refractivity contribution in [1.29, 1.82) is 10.5 Å². The summed E-state index contributed by atoms with van der Waals surface area (Å²) in [6.45, 7) is 0. The number of para-hydroxylation sites is 1. The van der Waals surface area contributed by atoms with E-state index in [0.717, 1.165) is 28.0 Å². The third-order valence-electron chi connectivity index (χ3n) is 9.00. The van der Waals surface area contributed by atoms with Gasteiger partial charge in [-0.05, 0) is 98.2 Å². The first kappa shape index (κ1) is 27.2. The van der Waals surface area contributed by atoms with E-state index >= 15 is 0 Å². The molecule has 0 fully saturated rings. The van der Waals surface area contributed by atoms with Gasteiger partial charge in [-0.1, -0.05) is 103 Å². The molecule has 1 unspecified atom stereocenters. The average Bonchev–Trinajstić information content (AvgIpc) is 3.13. The summed E-state index contributed by atoms with van der Waals surface area (Å²) in [6, 6.07) is 59.2. The van der Waals surface area contributed by atoms with Crippen LogP contribution in [0, 0.1) is 22.7 Å². The van der Waals surface area contributed by atoms with Crippen molar-refractivity contribution in [3.05, 3.63) is 186 Å². The third kappa shape index (κ3) is 4.51. The summed E-state index contributed by atoms with van der Waals surface area (Å²) >= 11 is 0. The minimum atomic E-state index is -0.00236. The number of nitriles is 2. The lowest BCUT2D eigenvalue weighted by Crippen LogP contribution is -2.10. The van der Waals surface area contributed by atoms with E-state index in [4.69, 9.17) is 0 Å². The molecule has 8 aromatic carbocycles. The summed E-state index contributed by atoms with van der Waals surface area (Å²) in [5.41, 5.74) is 8.00. The van der Waals surface area contributed by atoms with Gasteiger partial charge >= 0.3 is 0 Å². The van der Waals surface area contributed by atoms with Crippen LogP contribution in [0.1, 0.15) is 33.7 Å². The van der Waals surface area contributed by atoms with Crippen molar-refractivity contribution in [3.63, 3.8) is 0 Å². The summed E-state index contributed by atoms with van der Waals surface area (Å²) in [5, 5.41) is 26.2. The largest absolute Gasteiger partial charge is 0.310 e. The van der Waals surface area contributed by atoms with Gasteiger partial charge in [-0.3, -0.25) is 0 Å². The van der Waals surface area contributed by atoms with Gasteiger partial charge in [0, 0.05) is 22.7 Å². The van der Waals surface area contributed by atoms with Gasteiger partial charge in [0.25, 0.3) is 0 Å². The second-order valence-corrected chi connectivity index (χ2v) is 11.6. The van der Waals surface area contributed by atoms with Crippen molar-refractivity contribution in [2.24, 2.45) is 0 Å². The van der Waals surface area contributed by atoms with E-state index in [0.29, 0.717) is 11.1 Å². The van der Waals surface area contributed by atoms with Crippen LogP contribution in [0.5, 0.6) is 0 Å². The van der Waals surface area contributed by atoms with Crippen LogP contribution < -0.4 is 4.90 Å². The molecule has 0 aliphatic heterocycles. The molecule has 214 valence electrons. The minimum Gasteiger partial charge on any atom is -0.310 e. The summed E-state index contributed by atoms with van der Waals surface area (Å²) in [4.78, 5) is 2.28. The predicted octanol–water partition coefficient (Wildman–Crippen LogP) is 11.0. The van der Waals surface area contributed by atoms with Crippen LogP contribution in [0.2, 0.25) is 0 Å². The second-order valence-electron chi connectivity index (χ2n) is 11.6. The standard InChI is InChI=1S/C43H27N3/c44-27-29-11-15-32(16-12-29)41(31-7-3-1-4-8-31)37-23-17-33-19-25-39-40(26-20-34-18-24-38(37)42(33)43(34)39)46(35-9-5-2-6-10-35)36-21-13-30(28-45)14-22-36/h1-26,41H. The summed E-state index contributed by atoms with van der Waals surface area (Å²) < 4.78 is 0. The minimum absolute atomic E-state index is 0.00236. The van der Waals surface area contributed by atoms with E-state index in [9.17, 15) is 10.5 Å². The first-order valence-electron chi connectivity index (χ1n) is 15.3. The lowest BCUT2D eigenvalue weighted by molar-refractivity contribution is 0.989. The Morgan fingerprint density at radius 3 is 1.59 bits per heavy atom. The molecular formula is C43H27N3. The zero-order valence-corrected chi connectivity index (χ0v) is 24.9. The van der Waals surface area contributed by atoms with E-state index < -0.39 is 0 Å². The van der Waals surface area contributed by atoms with Gasteiger partial charge in [0.1, 0.15) is 0 Å². The molecule has 0 saturated carbocycles. The van der Waals surface area contributed by atoms with E-state index in [1.165, 1.54) is 38.1 Å². The van der Waals surface area contributed by atoms with Crippen molar-refractivity contribution >= 4 is 49.4 Å². The quantitative estimate of drug-likeness (QED) is 0.144. The van der Waals surface area contributed by atoms with Crippen molar-refractivity contribution < 1.29 is 0 Å². The molecule has 0 aliphatic rings. The molecule has 3 heteroatoms. The number of hydrogen-bond donors (Lipinski definition) is 0. The van der Waals surface area contributed by atoms with Gasteiger partial charge < -0.3 is 4.90 Å². The Bertz CT molecular complexity index is 2240. The topological polar surface area (TPSA) is 50.8 Å². The molecule has 0 N–H and O–H groups in total. The second kappa shape index (κ2) is 11.3. The highest BCUT2D eigenvalue weighted by Gasteiger charge is 2.23. The number of benzene rings is 8. The molecule has 0 heterocycles. The summed E-state index contributed by atoms with van der Waals surface area (Å²) in [7, 11) is 0.